The Morgan fingerprint density at radius 3 is 2.61 bits per heavy atom. The number of nitrogen functional groups attached to an aromatic ring is 1. The highest BCUT2D eigenvalue weighted by Crippen LogP contribution is 2.34. The largest absolute Gasteiger partial charge is 0.394 e. The normalized spacial score (nSPS) is 20.7. The van der Waals surface area contributed by atoms with Gasteiger partial charge in [0.05, 0.1) is 42.3 Å². The van der Waals surface area contributed by atoms with Gasteiger partial charge in [0, 0.05) is 15.1 Å². The third-order valence-corrected chi connectivity index (χ3v) is 6.90. The minimum Gasteiger partial charge on any atom is -0.394 e. The summed E-state index contributed by atoms with van der Waals surface area (Å²) in [6.45, 7) is -0.503. The molecule has 11 heteroatoms. The van der Waals surface area contributed by atoms with Crippen LogP contribution in [0.4, 0.5) is 14.6 Å². The standard InChI is InChI=1S/C25H25F2IN4O4/c26-15-5-14(6-16(28)9-15)20(11-33)32-25(36)17-3-1-13(7-18(17)27)23-24(29)30-10-19(31-23)12-2-4-21(34)22(35)8-12/h1,3,5-7,9-10,12,20-22,33-35H,2,4,8,11H2,(H2,29,30)(H,32,36)/t12-,20?,21-,22-/m1/s1. The van der Waals surface area contributed by atoms with Crippen LogP contribution < -0.4 is 11.1 Å². The number of aromatic nitrogens is 2. The summed E-state index contributed by atoms with van der Waals surface area (Å²) in [7, 11) is 0. The molecule has 6 N–H and O–H groups in total. The van der Waals surface area contributed by atoms with E-state index in [0.29, 0.717) is 39.7 Å². The highest BCUT2D eigenvalue weighted by Gasteiger charge is 2.30. The number of hydrogen-bond acceptors (Lipinski definition) is 7. The molecule has 4 rings (SSSR count). The van der Waals surface area contributed by atoms with Crippen molar-refractivity contribution in [2.45, 2.75) is 43.4 Å². The number of rotatable bonds is 6. The number of benzene rings is 2. The van der Waals surface area contributed by atoms with Gasteiger partial charge in [-0.25, -0.2) is 18.7 Å². The molecule has 0 spiro atoms. The highest BCUT2D eigenvalue weighted by molar-refractivity contribution is 14.1. The van der Waals surface area contributed by atoms with E-state index in [1.54, 1.807) is 6.07 Å². The number of carbonyl (C=O) groups excluding carboxylic acids is 1. The topological polar surface area (TPSA) is 142 Å². The number of amides is 1. The number of nitrogens with zero attached hydrogens (tertiary/aromatic N) is 2. The number of nitrogens with one attached hydrogen (secondary N) is 1. The summed E-state index contributed by atoms with van der Waals surface area (Å²) in [6, 6.07) is 7.08. The fraction of sp³-hybridized carbons (Fsp3) is 0.320. The van der Waals surface area contributed by atoms with Gasteiger partial charge in [-0.2, -0.15) is 0 Å². The summed E-state index contributed by atoms with van der Waals surface area (Å²) < 4.78 is 29.4. The van der Waals surface area contributed by atoms with E-state index in [4.69, 9.17) is 5.73 Å². The van der Waals surface area contributed by atoms with E-state index in [2.05, 4.69) is 15.3 Å². The molecule has 0 radical (unpaired) electrons. The molecular weight excluding hydrogens is 585 g/mol. The van der Waals surface area contributed by atoms with Crippen molar-refractivity contribution in [3.8, 4) is 11.3 Å². The number of aliphatic hydroxyl groups is 3. The van der Waals surface area contributed by atoms with Crippen LogP contribution in [0.2, 0.25) is 0 Å². The van der Waals surface area contributed by atoms with Gasteiger partial charge in [0.1, 0.15) is 23.1 Å². The van der Waals surface area contributed by atoms with Crippen LogP contribution in [0.3, 0.4) is 0 Å². The number of nitrogens with two attached hydrogens (primary N) is 1. The monoisotopic (exact) mass is 610 g/mol. The zero-order chi connectivity index (χ0) is 26.0. The Kier molecular flexibility index (Phi) is 8.13. The third-order valence-electron chi connectivity index (χ3n) is 6.28. The van der Waals surface area contributed by atoms with Crippen LogP contribution in [0.5, 0.6) is 0 Å². The van der Waals surface area contributed by atoms with Crippen molar-refractivity contribution in [1.82, 2.24) is 15.3 Å². The molecule has 1 aliphatic carbocycles. The fourth-order valence-electron chi connectivity index (χ4n) is 4.31. The molecule has 1 saturated carbocycles. The Morgan fingerprint density at radius 1 is 1.17 bits per heavy atom. The van der Waals surface area contributed by atoms with Gasteiger partial charge in [-0.3, -0.25) is 4.79 Å². The van der Waals surface area contributed by atoms with Crippen molar-refractivity contribution >= 4 is 34.3 Å². The fourth-order valence-corrected chi connectivity index (χ4v) is 4.97. The van der Waals surface area contributed by atoms with Gasteiger partial charge in [0.15, 0.2) is 0 Å². The number of anilines is 1. The lowest BCUT2D eigenvalue weighted by Gasteiger charge is -2.29. The van der Waals surface area contributed by atoms with Gasteiger partial charge in [-0.15, -0.1) is 0 Å². The zero-order valence-corrected chi connectivity index (χ0v) is 21.2. The van der Waals surface area contributed by atoms with E-state index >= 15 is 4.39 Å². The predicted molar refractivity (Wildman–Crippen MR) is 137 cm³/mol. The summed E-state index contributed by atoms with van der Waals surface area (Å²) in [4.78, 5) is 21.5. The summed E-state index contributed by atoms with van der Waals surface area (Å²) in [5.41, 5.74) is 7.20. The Labute approximate surface area is 219 Å². The number of hydrogen-bond donors (Lipinski definition) is 5. The first-order valence-electron chi connectivity index (χ1n) is 11.3. The average molecular weight is 610 g/mol. The molecule has 0 aliphatic heterocycles. The SMILES string of the molecule is Nc1ncc([C@@H]2CC[C@@H](O)[C@H](O)C2)nc1-c1ccc(C(=O)NC(CO)c2cc(F)cc(I)c2)c(F)c1. The van der Waals surface area contributed by atoms with Crippen molar-refractivity contribution in [3.05, 3.63) is 74.6 Å². The third kappa shape index (κ3) is 5.80. The van der Waals surface area contributed by atoms with E-state index in [9.17, 15) is 24.5 Å². The van der Waals surface area contributed by atoms with Crippen LogP contribution in [-0.4, -0.2) is 50.0 Å². The molecule has 1 unspecified atom stereocenters. The van der Waals surface area contributed by atoms with Gasteiger partial charge in [0.25, 0.3) is 5.91 Å². The maximum Gasteiger partial charge on any atom is 0.254 e. The molecule has 8 nitrogen and oxygen atoms in total. The first kappa shape index (κ1) is 26.3. The van der Waals surface area contributed by atoms with E-state index < -0.39 is 42.4 Å². The summed E-state index contributed by atoms with van der Waals surface area (Å²) in [6.07, 6.45) is 1.23. The van der Waals surface area contributed by atoms with Crippen LogP contribution in [0.15, 0.2) is 42.6 Å². The van der Waals surface area contributed by atoms with Crippen LogP contribution in [0.1, 0.15) is 52.8 Å². The lowest BCUT2D eigenvalue weighted by molar-refractivity contribution is -0.0153. The second kappa shape index (κ2) is 11.1. The number of carbonyl (C=O) groups is 1. The van der Waals surface area contributed by atoms with E-state index in [1.165, 1.54) is 30.5 Å². The minimum absolute atomic E-state index is 0.0767. The number of halogens is 3. The van der Waals surface area contributed by atoms with Crippen LogP contribution in [0, 0.1) is 15.2 Å². The summed E-state index contributed by atoms with van der Waals surface area (Å²) in [5.74, 6) is -2.18. The maximum atomic E-state index is 15.0. The Bertz CT molecular complexity index is 1260. The van der Waals surface area contributed by atoms with Crippen molar-refractivity contribution < 1.29 is 28.9 Å². The van der Waals surface area contributed by atoms with Gasteiger partial charge >= 0.3 is 0 Å². The van der Waals surface area contributed by atoms with Crippen LogP contribution in [-0.2, 0) is 0 Å². The first-order chi connectivity index (χ1) is 17.2. The molecule has 0 saturated heterocycles. The molecule has 1 amide bonds. The van der Waals surface area contributed by atoms with Gasteiger partial charge < -0.3 is 26.4 Å². The molecular formula is C25H25F2IN4O4. The van der Waals surface area contributed by atoms with E-state index in [0.717, 1.165) is 6.07 Å². The summed E-state index contributed by atoms with van der Waals surface area (Å²) in [5, 5.41) is 32.0. The molecule has 1 fully saturated rings. The molecule has 2 aromatic carbocycles. The molecule has 4 atom stereocenters. The maximum absolute atomic E-state index is 15.0. The second-order valence-corrected chi connectivity index (χ2v) is 10.0. The van der Waals surface area contributed by atoms with Gasteiger partial charge in [-0.1, -0.05) is 6.07 Å². The zero-order valence-electron chi connectivity index (χ0n) is 19.0. The Hall–Kier alpha value is -2.74. The quantitative estimate of drug-likeness (QED) is 0.270. The van der Waals surface area contributed by atoms with Gasteiger partial charge in [-0.05, 0) is 77.7 Å². The Morgan fingerprint density at radius 2 is 1.94 bits per heavy atom. The van der Waals surface area contributed by atoms with Crippen molar-refractivity contribution in [2.75, 3.05) is 12.3 Å². The molecule has 0 bridgehead atoms. The van der Waals surface area contributed by atoms with Crippen molar-refractivity contribution in [1.29, 1.82) is 0 Å². The van der Waals surface area contributed by atoms with E-state index in [1.807, 2.05) is 22.6 Å². The smallest absolute Gasteiger partial charge is 0.254 e. The molecule has 1 aromatic heterocycles. The molecule has 1 aliphatic rings. The molecule has 3 aromatic rings. The lowest BCUT2D eigenvalue weighted by Crippen LogP contribution is -2.33. The lowest BCUT2D eigenvalue weighted by atomic mass is 9.83. The highest BCUT2D eigenvalue weighted by atomic mass is 127. The van der Waals surface area contributed by atoms with Crippen molar-refractivity contribution in [3.63, 3.8) is 0 Å². The van der Waals surface area contributed by atoms with Crippen LogP contribution >= 0.6 is 22.6 Å². The number of aliphatic hydroxyl groups excluding tert-OH is 3. The second-order valence-electron chi connectivity index (χ2n) is 8.78. The molecule has 36 heavy (non-hydrogen) atoms. The molecule has 190 valence electrons. The first-order valence-corrected chi connectivity index (χ1v) is 12.4. The predicted octanol–water partition coefficient (Wildman–Crippen LogP) is 3.06. The minimum atomic E-state index is -0.927. The van der Waals surface area contributed by atoms with E-state index in [-0.39, 0.29) is 23.0 Å². The van der Waals surface area contributed by atoms with Crippen LogP contribution in [0.25, 0.3) is 11.3 Å². The Balaban J connectivity index is 1.56. The van der Waals surface area contributed by atoms with Crippen molar-refractivity contribution in [2.24, 2.45) is 0 Å². The average Bonchev–Trinajstić information content (AvgIpc) is 2.83. The van der Waals surface area contributed by atoms with Gasteiger partial charge in [0.2, 0.25) is 0 Å². The summed E-state index contributed by atoms with van der Waals surface area (Å²) >= 11 is 1.92. The molecule has 1 heterocycles.